The summed E-state index contributed by atoms with van der Waals surface area (Å²) in [6.45, 7) is 0. The van der Waals surface area contributed by atoms with E-state index in [9.17, 15) is 24.4 Å². The standard InChI is InChI=1S/C52H48N8O7S4/c1-66-51(63)57-41(29-33-11-5-3-6-12-33)47(61)53-39(43-31-70-49(55-43)45-15-9-25-68-45)27-35-17-21-37(22-18-35)59-60(65)38-23-19-36(20-24-38)28-40(44-32-71-50(56-44)46-16-10-26-69-46)54-48(62)42(58-52(64)67-2)30-34-13-7-4-8-14-34/h3-26,31-32,39-42H,27-30H2,1-2H3,(H,53,61)(H,54,62)(H,57,63)(H,58,64)/b60-59-/t39-,40-,41-,42-/m0/s1. The molecule has 0 unspecified atom stereocenters. The first kappa shape index (κ1) is 49.8. The lowest BCUT2D eigenvalue weighted by Crippen LogP contribution is -2.49. The number of methoxy groups -OCH3 is 2. The molecule has 4 aromatic heterocycles. The summed E-state index contributed by atoms with van der Waals surface area (Å²) in [6.07, 6.45) is -0.281. The van der Waals surface area contributed by atoms with E-state index >= 15 is 0 Å². The van der Waals surface area contributed by atoms with Crippen LogP contribution < -0.4 is 21.3 Å². The fourth-order valence-corrected chi connectivity index (χ4v) is 10.9. The number of aromatic nitrogens is 2. The van der Waals surface area contributed by atoms with Gasteiger partial charge in [-0.05, 0) is 70.1 Å². The summed E-state index contributed by atoms with van der Waals surface area (Å²) in [5.41, 5.74) is 5.40. The minimum absolute atomic E-state index is 0.238. The number of rotatable bonds is 20. The number of benzene rings is 4. The van der Waals surface area contributed by atoms with Crippen LogP contribution in [0.2, 0.25) is 0 Å². The Bertz CT molecular complexity index is 3020. The van der Waals surface area contributed by atoms with E-state index in [4.69, 9.17) is 19.4 Å². The van der Waals surface area contributed by atoms with Crippen LogP contribution in [0, 0.1) is 5.21 Å². The Morgan fingerprint density at radius 1 is 0.535 bits per heavy atom. The van der Waals surface area contributed by atoms with Crippen molar-refractivity contribution in [2.24, 2.45) is 5.11 Å². The van der Waals surface area contributed by atoms with Crippen molar-refractivity contribution in [1.82, 2.24) is 31.2 Å². The quantitative estimate of drug-likeness (QED) is 0.0326. The molecule has 0 aliphatic rings. The third-order valence-electron chi connectivity index (χ3n) is 11.2. The van der Waals surface area contributed by atoms with Crippen LogP contribution in [0.4, 0.5) is 21.0 Å². The second-order valence-corrected chi connectivity index (χ2v) is 19.7. The number of ether oxygens (including phenoxy) is 2. The van der Waals surface area contributed by atoms with Crippen molar-refractivity contribution < 1.29 is 33.5 Å². The van der Waals surface area contributed by atoms with Gasteiger partial charge in [0.15, 0.2) is 0 Å². The normalized spacial score (nSPS) is 13.0. The Kier molecular flexibility index (Phi) is 17.1. The molecule has 0 fully saturated rings. The number of alkyl carbamates (subject to hydrolysis) is 2. The van der Waals surface area contributed by atoms with Crippen LogP contribution in [-0.4, -0.2) is 65.1 Å². The number of thiazole rings is 2. The summed E-state index contributed by atoms with van der Waals surface area (Å²) in [7, 11) is 2.50. The van der Waals surface area contributed by atoms with Gasteiger partial charge in [0.1, 0.15) is 27.8 Å². The Balaban J connectivity index is 0.973. The summed E-state index contributed by atoms with van der Waals surface area (Å²) in [4.78, 5) is 65.1. The van der Waals surface area contributed by atoms with Gasteiger partial charge in [-0.15, -0.1) is 45.3 Å². The van der Waals surface area contributed by atoms with Crippen molar-refractivity contribution >= 4 is 80.7 Å². The maximum absolute atomic E-state index is 14.0. The first-order valence-corrected chi connectivity index (χ1v) is 25.9. The molecule has 362 valence electrons. The molecule has 4 N–H and O–H groups in total. The van der Waals surface area contributed by atoms with E-state index in [0.717, 1.165) is 42.0 Å². The average molecular weight is 1030 g/mol. The summed E-state index contributed by atoms with van der Waals surface area (Å²) in [5, 5.41) is 38.9. The molecular formula is C52H48N8O7S4. The van der Waals surface area contributed by atoms with Gasteiger partial charge in [0.2, 0.25) is 17.5 Å². The molecule has 4 atom stereocenters. The Labute approximate surface area is 425 Å². The van der Waals surface area contributed by atoms with E-state index in [2.05, 4.69) is 26.4 Å². The van der Waals surface area contributed by atoms with Gasteiger partial charge in [0, 0.05) is 40.8 Å². The highest BCUT2D eigenvalue weighted by atomic mass is 32.1. The zero-order valence-electron chi connectivity index (χ0n) is 38.4. The van der Waals surface area contributed by atoms with Crippen molar-refractivity contribution in [2.75, 3.05) is 14.2 Å². The lowest BCUT2D eigenvalue weighted by Gasteiger charge is -2.23. The lowest BCUT2D eigenvalue weighted by molar-refractivity contribution is -0.435. The van der Waals surface area contributed by atoms with E-state index in [1.165, 1.54) is 36.9 Å². The molecule has 0 saturated carbocycles. The highest BCUT2D eigenvalue weighted by molar-refractivity contribution is 7.20. The van der Waals surface area contributed by atoms with E-state index in [1.54, 1.807) is 59.1 Å². The molecule has 0 radical (unpaired) electrons. The molecule has 8 rings (SSSR count). The summed E-state index contributed by atoms with van der Waals surface area (Å²) < 4.78 is 9.70. The average Bonchev–Trinajstić information content (AvgIpc) is 4.26. The van der Waals surface area contributed by atoms with E-state index in [0.29, 0.717) is 34.8 Å². The molecule has 0 saturated heterocycles. The predicted octanol–water partition coefficient (Wildman–Crippen LogP) is 10.7. The highest BCUT2D eigenvalue weighted by Gasteiger charge is 2.29. The second kappa shape index (κ2) is 24.3. The van der Waals surface area contributed by atoms with Gasteiger partial charge in [0.05, 0.1) is 47.4 Å². The van der Waals surface area contributed by atoms with E-state index < -0.39 is 48.2 Å². The zero-order chi connectivity index (χ0) is 49.5. The molecule has 0 spiro atoms. The van der Waals surface area contributed by atoms with Gasteiger partial charge in [0.25, 0.3) is 0 Å². The molecule has 4 amide bonds. The van der Waals surface area contributed by atoms with Gasteiger partial charge < -0.3 is 35.9 Å². The minimum atomic E-state index is -0.931. The molecule has 0 bridgehead atoms. The van der Waals surface area contributed by atoms with Crippen LogP contribution in [0.1, 0.15) is 45.7 Å². The number of hydrogen-bond donors (Lipinski definition) is 4. The predicted molar refractivity (Wildman–Crippen MR) is 277 cm³/mol. The molecule has 71 heavy (non-hydrogen) atoms. The maximum atomic E-state index is 14.0. The molecule has 19 heteroatoms. The van der Waals surface area contributed by atoms with Crippen LogP contribution in [-0.2, 0) is 44.7 Å². The largest absolute Gasteiger partial charge is 0.594 e. The number of thiophene rings is 2. The lowest BCUT2D eigenvalue weighted by atomic mass is 10.0. The van der Waals surface area contributed by atoms with Gasteiger partial charge in [-0.3, -0.25) is 9.59 Å². The molecule has 4 heterocycles. The fourth-order valence-electron chi connectivity index (χ4n) is 7.54. The monoisotopic (exact) mass is 1020 g/mol. The van der Waals surface area contributed by atoms with Crippen molar-refractivity contribution in [1.29, 1.82) is 0 Å². The van der Waals surface area contributed by atoms with Gasteiger partial charge in [-0.1, -0.05) is 102 Å². The number of amides is 4. The van der Waals surface area contributed by atoms with Crippen molar-refractivity contribution in [2.45, 2.75) is 49.9 Å². The Morgan fingerprint density at radius 3 is 1.37 bits per heavy atom. The van der Waals surface area contributed by atoms with Crippen LogP contribution in [0.25, 0.3) is 19.8 Å². The molecular weight excluding hydrogens is 977 g/mol. The molecule has 15 nitrogen and oxygen atoms in total. The Morgan fingerprint density at radius 2 is 0.958 bits per heavy atom. The molecule has 8 aromatic rings. The Hall–Kier alpha value is -7.58. The molecule has 4 aromatic carbocycles. The third kappa shape index (κ3) is 13.8. The molecule has 0 aliphatic carbocycles. The first-order chi connectivity index (χ1) is 34.6. The SMILES string of the molecule is COC(=O)N[C@@H](Cc1ccccc1)C(=O)N[C@@H](Cc1ccc(/N=[N+](\[O-])c2ccc(C[C@H](NC(=O)[C@H](Cc3ccccc3)NC(=O)OC)c3csc(-c4cccs4)n3)cc2)cc1)c1csc(-c2cccs2)n1. The maximum Gasteiger partial charge on any atom is 0.407 e. The van der Waals surface area contributed by atoms with Gasteiger partial charge in [-0.25, -0.2) is 19.6 Å². The number of hydrogen-bond acceptors (Lipinski definition) is 14. The van der Waals surface area contributed by atoms with Crippen molar-refractivity contribution in [3.8, 4) is 19.8 Å². The van der Waals surface area contributed by atoms with Crippen molar-refractivity contribution in [3.63, 3.8) is 0 Å². The highest BCUT2D eigenvalue weighted by Crippen LogP contribution is 2.33. The topological polar surface area (TPSA) is 199 Å². The summed E-state index contributed by atoms with van der Waals surface area (Å²) in [6, 6.07) is 37.8. The van der Waals surface area contributed by atoms with E-state index in [-0.39, 0.29) is 18.5 Å². The van der Waals surface area contributed by atoms with Crippen molar-refractivity contribution in [3.05, 3.63) is 194 Å². The summed E-state index contributed by atoms with van der Waals surface area (Å²) >= 11 is 6.11. The first-order valence-electron chi connectivity index (χ1n) is 22.3. The minimum Gasteiger partial charge on any atom is -0.594 e. The van der Waals surface area contributed by atoms with E-state index in [1.807, 2.05) is 119 Å². The third-order valence-corrected chi connectivity index (χ3v) is 15.0. The summed E-state index contributed by atoms with van der Waals surface area (Å²) in [5.74, 6) is -0.809. The van der Waals surface area contributed by atoms with Crippen LogP contribution in [0.3, 0.4) is 0 Å². The number of carbonyl (C=O) groups excluding carboxylic acids is 4. The zero-order valence-corrected chi connectivity index (χ0v) is 41.7. The van der Waals surface area contributed by atoms with Crippen LogP contribution >= 0.6 is 45.3 Å². The fraction of sp³-hybridized carbons (Fsp3) is 0.192. The number of azo groups is 1. The number of carbonyl (C=O) groups is 4. The van der Waals surface area contributed by atoms with Gasteiger partial charge >= 0.3 is 12.2 Å². The van der Waals surface area contributed by atoms with Crippen LogP contribution in [0.5, 0.6) is 0 Å². The van der Waals surface area contributed by atoms with Gasteiger partial charge in [-0.2, -0.15) is 0 Å². The number of nitrogens with one attached hydrogen (secondary N) is 4. The number of nitrogens with zero attached hydrogens (tertiary/aromatic N) is 4. The second-order valence-electron chi connectivity index (χ2n) is 16.1. The smallest absolute Gasteiger partial charge is 0.407 e. The molecule has 0 aliphatic heterocycles. The van der Waals surface area contributed by atoms with Crippen LogP contribution in [0.15, 0.2) is 160 Å².